The van der Waals surface area contributed by atoms with E-state index >= 15 is 0 Å². The summed E-state index contributed by atoms with van der Waals surface area (Å²) in [5, 5.41) is 13.5. The number of carbonyl (C=O) groups is 3. The number of nitrogens with two attached hydrogens (primary N) is 1. The Kier molecular flexibility index (Phi) is 6.66. The van der Waals surface area contributed by atoms with Crippen LogP contribution in [0.2, 0.25) is 0 Å². The molecule has 1 atom stereocenters. The van der Waals surface area contributed by atoms with Gasteiger partial charge in [-0.1, -0.05) is 0 Å². The molecule has 7 heteroatoms. The Morgan fingerprint density at radius 2 is 1.94 bits per heavy atom. The fourth-order valence-corrected chi connectivity index (χ4v) is 1.19. The van der Waals surface area contributed by atoms with Gasteiger partial charge in [0, 0.05) is 13.5 Å². The van der Waals surface area contributed by atoms with Crippen LogP contribution in [0.15, 0.2) is 0 Å². The number of carbonyl (C=O) groups excluding carboxylic acids is 2. The third-order valence-corrected chi connectivity index (χ3v) is 1.89. The maximum Gasteiger partial charge on any atom is 0.326 e. The van der Waals surface area contributed by atoms with E-state index in [1.807, 2.05) is 0 Å². The van der Waals surface area contributed by atoms with Crippen molar-refractivity contribution in [3.05, 3.63) is 0 Å². The zero-order valence-corrected chi connectivity index (χ0v) is 9.16. The van der Waals surface area contributed by atoms with Crippen molar-refractivity contribution in [1.29, 1.82) is 0 Å². The van der Waals surface area contributed by atoms with E-state index in [1.54, 1.807) is 0 Å². The van der Waals surface area contributed by atoms with Gasteiger partial charge in [0.15, 0.2) is 0 Å². The van der Waals surface area contributed by atoms with Crippen LogP contribution >= 0.6 is 0 Å². The van der Waals surface area contributed by atoms with E-state index in [9.17, 15) is 14.4 Å². The molecule has 3 amide bonds. The average molecular weight is 231 g/mol. The molecule has 0 unspecified atom stereocenters. The highest BCUT2D eigenvalue weighted by Crippen LogP contribution is 2.00. The highest BCUT2D eigenvalue weighted by Gasteiger charge is 2.17. The summed E-state index contributed by atoms with van der Waals surface area (Å²) in [6.45, 7) is 1.67. The Morgan fingerprint density at radius 3 is 2.38 bits per heavy atom. The summed E-state index contributed by atoms with van der Waals surface area (Å²) in [6.07, 6.45) is 1.53. The predicted molar refractivity (Wildman–Crippen MR) is 56.7 cm³/mol. The minimum Gasteiger partial charge on any atom is -0.480 e. The van der Waals surface area contributed by atoms with Gasteiger partial charge in [0.2, 0.25) is 5.91 Å². The number of urea groups is 1. The van der Waals surface area contributed by atoms with E-state index in [-0.39, 0.29) is 5.91 Å². The van der Waals surface area contributed by atoms with Gasteiger partial charge in [-0.15, -0.1) is 0 Å². The minimum atomic E-state index is -1.06. The second-order valence-corrected chi connectivity index (χ2v) is 3.38. The summed E-state index contributed by atoms with van der Waals surface area (Å²) in [6, 6.07) is -1.47. The first kappa shape index (κ1) is 14.2. The maximum atomic E-state index is 10.7. The van der Waals surface area contributed by atoms with Gasteiger partial charge in [-0.25, -0.2) is 9.59 Å². The lowest BCUT2D eigenvalue weighted by Gasteiger charge is -2.12. The SMILES string of the molecule is CC(=O)N[C@@H](CCCCNC(N)=O)C(=O)O. The number of hydrogen-bond acceptors (Lipinski definition) is 3. The van der Waals surface area contributed by atoms with Gasteiger partial charge in [0.05, 0.1) is 0 Å². The van der Waals surface area contributed by atoms with Gasteiger partial charge in [0.1, 0.15) is 6.04 Å². The Hall–Kier alpha value is -1.79. The molecule has 16 heavy (non-hydrogen) atoms. The number of carboxylic acids is 1. The van der Waals surface area contributed by atoms with Crippen LogP contribution in [-0.2, 0) is 9.59 Å². The van der Waals surface area contributed by atoms with Crippen LogP contribution in [0.3, 0.4) is 0 Å². The maximum absolute atomic E-state index is 10.7. The standard InChI is InChI=1S/C9H17N3O4/c1-6(13)12-7(8(14)15)4-2-3-5-11-9(10)16/h7H,2-5H2,1H3,(H,12,13)(H,14,15)(H3,10,11,16)/t7-/m0/s1. The smallest absolute Gasteiger partial charge is 0.326 e. The molecule has 0 rings (SSSR count). The molecule has 0 saturated heterocycles. The van der Waals surface area contributed by atoms with E-state index in [2.05, 4.69) is 10.6 Å². The molecule has 0 aromatic rings. The number of hydrogen-bond donors (Lipinski definition) is 4. The lowest BCUT2D eigenvalue weighted by atomic mass is 10.1. The third kappa shape index (κ3) is 7.60. The van der Waals surface area contributed by atoms with Crippen molar-refractivity contribution in [2.24, 2.45) is 5.73 Å². The van der Waals surface area contributed by atoms with Crippen molar-refractivity contribution in [2.45, 2.75) is 32.2 Å². The molecule has 0 aliphatic rings. The quantitative estimate of drug-likeness (QED) is 0.437. The molecule has 0 radical (unpaired) electrons. The van der Waals surface area contributed by atoms with Crippen LogP contribution in [0, 0.1) is 0 Å². The summed E-state index contributed by atoms with van der Waals surface area (Å²) in [5.41, 5.74) is 4.85. The van der Waals surface area contributed by atoms with Crippen LogP contribution in [0.5, 0.6) is 0 Å². The summed E-state index contributed by atoms with van der Waals surface area (Å²) >= 11 is 0. The lowest BCUT2D eigenvalue weighted by molar-refractivity contribution is -0.141. The van der Waals surface area contributed by atoms with Crippen LogP contribution in [0.4, 0.5) is 4.79 Å². The number of nitrogens with one attached hydrogen (secondary N) is 2. The summed E-state index contributed by atoms with van der Waals surface area (Å²) in [5.74, 6) is -1.43. The molecule has 5 N–H and O–H groups in total. The Balaban J connectivity index is 3.72. The second-order valence-electron chi connectivity index (χ2n) is 3.38. The van der Waals surface area contributed by atoms with Gasteiger partial charge >= 0.3 is 12.0 Å². The summed E-state index contributed by atoms with van der Waals surface area (Å²) in [4.78, 5) is 31.7. The van der Waals surface area contributed by atoms with Gasteiger partial charge in [-0.3, -0.25) is 4.79 Å². The lowest BCUT2D eigenvalue weighted by Crippen LogP contribution is -2.39. The molecular formula is C9H17N3O4. The van der Waals surface area contributed by atoms with E-state index < -0.39 is 18.0 Å². The Morgan fingerprint density at radius 1 is 1.31 bits per heavy atom. The van der Waals surface area contributed by atoms with E-state index in [0.29, 0.717) is 25.8 Å². The van der Waals surface area contributed by atoms with Gasteiger partial charge in [0.25, 0.3) is 0 Å². The first-order chi connectivity index (χ1) is 7.43. The fourth-order valence-electron chi connectivity index (χ4n) is 1.19. The summed E-state index contributed by atoms with van der Waals surface area (Å²) in [7, 11) is 0. The molecule has 0 fully saturated rings. The Labute approximate surface area is 93.4 Å². The van der Waals surface area contributed by atoms with Crippen molar-refractivity contribution < 1.29 is 19.5 Å². The van der Waals surface area contributed by atoms with Crippen LogP contribution in [-0.4, -0.2) is 35.6 Å². The molecule has 0 spiro atoms. The predicted octanol–water partition coefficient (Wildman–Crippen LogP) is -0.586. The molecular weight excluding hydrogens is 214 g/mol. The molecule has 7 nitrogen and oxygen atoms in total. The molecule has 92 valence electrons. The van der Waals surface area contributed by atoms with E-state index in [0.717, 1.165) is 0 Å². The zero-order valence-electron chi connectivity index (χ0n) is 9.16. The first-order valence-corrected chi connectivity index (χ1v) is 4.96. The monoisotopic (exact) mass is 231 g/mol. The van der Waals surface area contributed by atoms with E-state index in [1.165, 1.54) is 6.92 Å². The highest BCUT2D eigenvalue weighted by atomic mass is 16.4. The fraction of sp³-hybridized carbons (Fsp3) is 0.667. The number of rotatable bonds is 7. The van der Waals surface area contributed by atoms with Crippen LogP contribution in [0.25, 0.3) is 0 Å². The topological polar surface area (TPSA) is 122 Å². The molecule has 0 aromatic carbocycles. The molecule has 0 aliphatic carbocycles. The number of unbranched alkanes of at least 4 members (excludes halogenated alkanes) is 1. The van der Waals surface area contributed by atoms with Gasteiger partial charge in [-0.2, -0.15) is 0 Å². The highest BCUT2D eigenvalue weighted by molar-refractivity contribution is 5.81. The number of carboxylic acid groups (broad SMARTS) is 1. The first-order valence-electron chi connectivity index (χ1n) is 4.96. The van der Waals surface area contributed by atoms with Crippen molar-refractivity contribution in [1.82, 2.24) is 10.6 Å². The molecule has 0 aromatic heterocycles. The Bertz CT molecular complexity index is 267. The van der Waals surface area contributed by atoms with Crippen LogP contribution < -0.4 is 16.4 Å². The van der Waals surface area contributed by atoms with Crippen LogP contribution in [0.1, 0.15) is 26.2 Å². The molecule has 0 aliphatic heterocycles. The van der Waals surface area contributed by atoms with Crippen molar-refractivity contribution in [3.63, 3.8) is 0 Å². The number of amides is 3. The number of aliphatic carboxylic acids is 1. The average Bonchev–Trinajstić information content (AvgIpc) is 2.14. The zero-order chi connectivity index (χ0) is 12.6. The van der Waals surface area contributed by atoms with Crippen molar-refractivity contribution >= 4 is 17.9 Å². The normalized spacial score (nSPS) is 11.6. The van der Waals surface area contributed by atoms with Gasteiger partial charge < -0.3 is 21.5 Å². The largest absolute Gasteiger partial charge is 0.480 e. The molecule has 0 saturated carbocycles. The third-order valence-electron chi connectivity index (χ3n) is 1.89. The second kappa shape index (κ2) is 7.49. The summed E-state index contributed by atoms with van der Waals surface area (Å²) < 4.78 is 0. The van der Waals surface area contributed by atoms with Crippen molar-refractivity contribution in [3.8, 4) is 0 Å². The number of primary amides is 1. The minimum absolute atomic E-state index is 0.329. The van der Waals surface area contributed by atoms with Gasteiger partial charge in [-0.05, 0) is 19.3 Å². The van der Waals surface area contributed by atoms with Crippen molar-refractivity contribution in [2.75, 3.05) is 6.54 Å². The van der Waals surface area contributed by atoms with E-state index in [4.69, 9.17) is 10.8 Å². The molecule has 0 bridgehead atoms. The molecule has 0 heterocycles.